The smallest absolute Gasteiger partial charge is 0.219 e. The third-order valence-corrected chi connectivity index (χ3v) is 2.36. The van der Waals surface area contributed by atoms with Gasteiger partial charge >= 0.3 is 0 Å². The van der Waals surface area contributed by atoms with E-state index in [0.29, 0.717) is 23.7 Å². The maximum absolute atomic E-state index is 5.12. The van der Waals surface area contributed by atoms with E-state index in [1.165, 1.54) is 0 Å². The van der Waals surface area contributed by atoms with Gasteiger partial charge in [-0.1, -0.05) is 55.4 Å². The van der Waals surface area contributed by atoms with Gasteiger partial charge in [0, 0.05) is 25.1 Å². The number of imidazole rings is 1. The maximum Gasteiger partial charge on any atom is 0.219 e. The molecule has 5 heteroatoms. The quantitative estimate of drug-likeness (QED) is 0.601. The average Bonchev–Trinajstić information content (AvgIpc) is 3.07. The van der Waals surface area contributed by atoms with Crippen molar-refractivity contribution in [1.29, 1.82) is 0 Å². The first-order valence-corrected chi connectivity index (χ1v) is 9.66. The van der Waals surface area contributed by atoms with Crippen molar-refractivity contribution >= 4 is 0 Å². The fourth-order valence-electron chi connectivity index (χ4n) is 1.27. The van der Waals surface area contributed by atoms with Gasteiger partial charge in [0.05, 0.1) is 12.0 Å². The van der Waals surface area contributed by atoms with Gasteiger partial charge < -0.3 is 8.98 Å². The number of nitrogens with zero attached hydrogens (tertiary/aromatic N) is 4. The molecule has 0 aromatic carbocycles. The molecule has 0 amide bonds. The lowest BCUT2D eigenvalue weighted by Gasteiger charge is -2.02. The summed E-state index contributed by atoms with van der Waals surface area (Å²) in [6.07, 6.45) is 3.91. The van der Waals surface area contributed by atoms with Crippen LogP contribution in [0.1, 0.15) is 98.7 Å². The normalized spacial score (nSPS) is 10.2. The minimum Gasteiger partial charge on any atom is -0.425 e. The Labute approximate surface area is 161 Å². The number of hydrogen-bond acceptors (Lipinski definition) is 4. The molecule has 2 aromatic rings. The number of rotatable bonds is 2. The molecule has 152 valence electrons. The summed E-state index contributed by atoms with van der Waals surface area (Å²) in [4.78, 5) is 4.10. The number of hydrogen-bond donors (Lipinski definition) is 0. The zero-order valence-corrected chi connectivity index (χ0v) is 19.2. The highest BCUT2D eigenvalue weighted by atomic mass is 16.4. The molecule has 2 aromatic heterocycles. The number of aromatic nitrogens is 4. The topological polar surface area (TPSA) is 56.7 Å². The van der Waals surface area contributed by atoms with E-state index in [1.807, 2.05) is 33.3 Å². The second-order valence-corrected chi connectivity index (χ2v) is 8.33. The monoisotopic (exact) mass is 366 g/mol. The lowest BCUT2D eigenvalue weighted by molar-refractivity contribution is 0.448. The predicted octanol–water partition coefficient (Wildman–Crippen LogP) is 6.60. The summed E-state index contributed by atoms with van der Waals surface area (Å²) in [5, 5.41) is 7.52. The third-order valence-electron chi connectivity index (χ3n) is 2.36. The Bertz CT molecular complexity index is 498. The lowest BCUT2D eigenvalue weighted by atomic mass is 10.2. The highest BCUT2D eigenvalue weighted by Gasteiger charge is 2.04. The Kier molecular flexibility index (Phi) is 14.8. The minimum atomic E-state index is 0.339. The van der Waals surface area contributed by atoms with Crippen molar-refractivity contribution in [2.45, 2.75) is 95.0 Å². The van der Waals surface area contributed by atoms with Gasteiger partial charge in [0.2, 0.25) is 11.8 Å². The van der Waals surface area contributed by atoms with Crippen LogP contribution in [0.3, 0.4) is 0 Å². The SMILES string of the molecule is CC(C)C.CC(C)C.Cc1cn(C(C)C)cn1.Cc1nnc(C(C)C)o1. The second kappa shape index (κ2) is 14.5. The van der Waals surface area contributed by atoms with Crippen molar-refractivity contribution in [1.82, 2.24) is 19.7 Å². The van der Waals surface area contributed by atoms with E-state index in [0.717, 1.165) is 17.5 Å². The molecule has 5 nitrogen and oxygen atoms in total. The molecule has 0 saturated carbocycles. The standard InChI is InChI=1S/C7H12N2.C6H10N2O.2C4H10/c1-6(2)9-4-7(3)8-5-9;1-4(2)6-8-7-5(3)9-6;2*1-4(2)3/h4-6H,1-3H3;4H,1-3H3;2*4H,1-3H3. The summed E-state index contributed by atoms with van der Waals surface area (Å²) < 4.78 is 7.22. The molecule has 0 saturated heterocycles. The average molecular weight is 367 g/mol. The molecule has 0 atom stereocenters. The molecule has 0 N–H and O–H groups in total. The van der Waals surface area contributed by atoms with Gasteiger partial charge in [0.1, 0.15) is 0 Å². The van der Waals surface area contributed by atoms with Crippen LogP contribution in [0, 0.1) is 25.7 Å². The van der Waals surface area contributed by atoms with Crippen molar-refractivity contribution in [3.63, 3.8) is 0 Å². The van der Waals surface area contributed by atoms with Crippen molar-refractivity contribution in [2.24, 2.45) is 11.8 Å². The van der Waals surface area contributed by atoms with Crippen LogP contribution < -0.4 is 0 Å². The van der Waals surface area contributed by atoms with Gasteiger partial charge in [-0.15, -0.1) is 10.2 Å². The third kappa shape index (κ3) is 17.2. The molecule has 0 unspecified atom stereocenters. The first kappa shape index (κ1) is 26.6. The molecular weight excluding hydrogens is 324 g/mol. The predicted molar refractivity (Wildman–Crippen MR) is 111 cm³/mol. The molecule has 0 aliphatic rings. The second-order valence-electron chi connectivity index (χ2n) is 8.33. The van der Waals surface area contributed by atoms with Gasteiger partial charge in [-0.2, -0.15) is 0 Å². The van der Waals surface area contributed by atoms with Crippen LogP contribution in [0.15, 0.2) is 16.9 Å². The van der Waals surface area contributed by atoms with Gasteiger partial charge in [0.25, 0.3) is 0 Å². The van der Waals surface area contributed by atoms with Gasteiger partial charge in [-0.3, -0.25) is 0 Å². The van der Waals surface area contributed by atoms with Crippen molar-refractivity contribution in [2.75, 3.05) is 0 Å². The molecule has 0 spiro atoms. The zero-order valence-electron chi connectivity index (χ0n) is 19.2. The summed E-state index contributed by atoms with van der Waals surface area (Å²) in [6, 6.07) is 0.534. The van der Waals surface area contributed by atoms with E-state index in [-0.39, 0.29) is 0 Å². The molecule has 0 aliphatic heterocycles. The van der Waals surface area contributed by atoms with E-state index in [4.69, 9.17) is 4.42 Å². The van der Waals surface area contributed by atoms with Crippen molar-refractivity contribution in [3.05, 3.63) is 30.0 Å². The lowest BCUT2D eigenvalue weighted by Crippen LogP contribution is -1.95. The highest BCUT2D eigenvalue weighted by Crippen LogP contribution is 2.10. The maximum atomic E-state index is 5.12. The Balaban J connectivity index is 0. The van der Waals surface area contributed by atoms with Gasteiger partial charge in [0.15, 0.2) is 0 Å². The Hall–Kier alpha value is -1.65. The van der Waals surface area contributed by atoms with E-state index in [2.05, 4.69) is 75.1 Å². The largest absolute Gasteiger partial charge is 0.425 e. The molecule has 0 bridgehead atoms. The first-order chi connectivity index (χ1) is 11.9. The number of aryl methyl sites for hydroxylation is 2. The zero-order chi connectivity index (χ0) is 20.9. The summed E-state index contributed by atoms with van der Waals surface area (Å²) in [5.74, 6) is 3.36. The molecule has 26 heavy (non-hydrogen) atoms. The summed E-state index contributed by atoms with van der Waals surface area (Å²) >= 11 is 0. The van der Waals surface area contributed by atoms with Gasteiger partial charge in [-0.25, -0.2) is 4.98 Å². The van der Waals surface area contributed by atoms with E-state index >= 15 is 0 Å². The van der Waals surface area contributed by atoms with Crippen LogP contribution in [-0.4, -0.2) is 19.7 Å². The summed E-state index contributed by atoms with van der Waals surface area (Å²) in [7, 11) is 0. The van der Waals surface area contributed by atoms with Crippen LogP contribution in [0.4, 0.5) is 0 Å². The fraction of sp³-hybridized carbons (Fsp3) is 0.762. The molecule has 0 aliphatic carbocycles. The molecule has 0 fully saturated rings. The molecular formula is C21H42N4O. The van der Waals surface area contributed by atoms with E-state index in [1.54, 1.807) is 6.92 Å². The molecule has 2 rings (SSSR count). The Morgan fingerprint density at radius 1 is 0.808 bits per heavy atom. The van der Waals surface area contributed by atoms with E-state index < -0.39 is 0 Å². The van der Waals surface area contributed by atoms with Crippen LogP contribution in [0.25, 0.3) is 0 Å². The molecule has 0 radical (unpaired) electrons. The van der Waals surface area contributed by atoms with Crippen LogP contribution in [0.5, 0.6) is 0 Å². The Morgan fingerprint density at radius 2 is 1.27 bits per heavy atom. The van der Waals surface area contributed by atoms with Crippen molar-refractivity contribution in [3.8, 4) is 0 Å². The van der Waals surface area contributed by atoms with Crippen LogP contribution in [-0.2, 0) is 0 Å². The van der Waals surface area contributed by atoms with Gasteiger partial charge in [-0.05, 0) is 32.6 Å². The summed E-state index contributed by atoms with van der Waals surface area (Å²) in [5.41, 5.74) is 1.09. The van der Waals surface area contributed by atoms with Crippen LogP contribution >= 0.6 is 0 Å². The molecule has 2 heterocycles. The fourth-order valence-corrected chi connectivity index (χ4v) is 1.27. The summed E-state index contributed by atoms with van der Waals surface area (Å²) in [6.45, 7) is 25.1. The first-order valence-electron chi connectivity index (χ1n) is 9.66. The van der Waals surface area contributed by atoms with Crippen molar-refractivity contribution < 1.29 is 4.42 Å². The minimum absolute atomic E-state index is 0.339. The highest BCUT2D eigenvalue weighted by molar-refractivity contribution is 4.93. The van der Waals surface area contributed by atoms with Crippen LogP contribution in [0.2, 0.25) is 0 Å². The van der Waals surface area contributed by atoms with E-state index in [9.17, 15) is 0 Å². The Morgan fingerprint density at radius 3 is 1.42 bits per heavy atom.